The summed E-state index contributed by atoms with van der Waals surface area (Å²) in [6.07, 6.45) is 0.463. The van der Waals surface area contributed by atoms with Gasteiger partial charge in [0.25, 0.3) is 0 Å². The van der Waals surface area contributed by atoms with Gasteiger partial charge < -0.3 is 20.3 Å². The van der Waals surface area contributed by atoms with Crippen molar-refractivity contribution in [2.75, 3.05) is 48.5 Å². The molecule has 2 aliphatic rings. The molecule has 0 amide bonds. The first-order valence-electron chi connectivity index (χ1n) is 12.6. The minimum Gasteiger partial charge on any atom is -0.378 e. The lowest BCUT2D eigenvalue weighted by Gasteiger charge is -2.27. The maximum Gasteiger partial charge on any atom is 0.416 e. The summed E-state index contributed by atoms with van der Waals surface area (Å²) in [6.45, 7) is 4.84. The molecule has 2 unspecified atom stereocenters. The number of benzene rings is 1. The third-order valence-electron chi connectivity index (χ3n) is 6.65. The molecule has 0 aliphatic carbocycles. The van der Waals surface area contributed by atoms with Crippen LogP contribution in [0.5, 0.6) is 0 Å². The quantitative estimate of drug-likeness (QED) is 0.223. The van der Waals surface area contributed by atoms with E-state index in [1.54, 1.807) is 23.1 Å². The van der Waals surface area contributed by atoms with Crippen LogP contribution in [-0.4, -0.2) is 54.0 Å². The molecule has 0 radical (unpaired) electrons. The summed E-state index contributed by atoms with van der Waals surface area (Å²) in [7, 11) is 0. The van der Waals surface area contributed by atoms with E-state index in [2.05, 4.69) is 36.1 Å². The summed E-state index contributed by atoms with van der Waals surface area (Å²) < 4.78 is 60.2. The van der Waals surface area contributed by atoms with Crippen molar-refractivity contribution in [3.8, 4) is 0 Å². The van der Waals surface area contributed by atoms with Crippen LogP contribution in [0.15, 0.2) is 47.8 Å². The van der Waals surface area contributed by atoms with E-state index in [1.807, 2.05) is 6.92 Å². The number of nitrogens with one attached hydrogen (secondary N) is 3. The maximum atomic E-state index is 14.2. The Balaban J connectivity index is 1.25. The predicted molar refractivity (Wildman–Crippen MR) is 140 cm³/mol. The van der Waals surface area contributed by atoms with Gasteiger partial charge in [-0.3, -0.25) is 4.98 Å². The normalized spacial score (nSPS) is 20.0. The molecule has 2 saturated heterocycles. The first kappa shape index (κ1) is 26.8. The topological polar surface area (TPSA) is 99.6 Å². The van der Waals surface area contributed by atoms with Crippen molar-refractivity contribution in [2.24, 2.45) is 11.0 Å². The van der Waals surface area contributed by atoms with Crippen molar-refractivity contribution in [3.63, 3.8) is 0 Å². The molecular weight excluding hydrogens is 516 g/mol. The van der Waals surface area contributed by atoms with E-state index in [-0.39, 0.29) is 23.7 Å². The monoisotopic (exact) mass is 544 g/mol. The molecule has 0 spiro atoms. The number of alkyl halides is 3. The molecule has 2 atom stereocenters. The lowest BCUT2D eigenvalue weighted by atomic mass is 9.94. The molecule has 4 heterocycles. The second-order valence-electron chi connectivity index (χ2n) is 9.47. The van der Waals surface area contributed by atoms with E-state index >= 15 is 0 Å². The maximum absolute atomic E-state index is 14.2. The second kappa shape index (κ2) is 11.5. The van der Waals surface area contributed by atoms with Crippen LogP contribution in [-0.2, 0) is 10.9 Å². The minimum absolute atomic E-state index is 0.124. The Morgan fingerprint density at radius 2 is 1.92 bits per heavy atom. The van der Waals surface area contributed by atoms with Crippen molar-refractivity contribution in [2.45, 2.75) is 25.6 Å². The van der Waals surface area contributed by atoms with Crippen molar-refractivity contribution < 1.29 is 22.3 Å². The van der Waals surface area contributed by atoms with E-state index in [1.165, 1.54) is 18.5 Å². The fourth-order valence-electron chi connectivity index (χ4n) is 4.64. The number of rotatable bonds is 7. The fourth-order valence-corrected chi connectivity index (χ4v) is 4.64. The van der Waals surface area contributed by atoms with Gasteiger partial charge in [-0.1, -0.05) is 6.92 Å². The molecule has 5 rings (SSSR count). The van der Waals surface area contributed by atoms with E-state index in [0.29, 0.717) is 48.9 Å². The average molecular weight is 545 g/mol. The van der Waals surface area contributed by atoms with Crippen molar-refractivity contribution in [1.29, 1.82) is 0 Å². The van der Waals surface area contributed by atoms with Crippen molar-refractivity contribution in [3.05, 3.63) is 65.4 Å². The zero-order valence-electron chi connectivity index (χ0n) is 21.2. The average Bonchev–Trinajstić information content (AvgIpc) is 3.36. The third-order valence-corrected chi connectivity index (χ3v) is 6.65. The number of ether oxygens (including phenoxy) is 1. The van der Waals surface area contributed by atoms with Crippen LogP contribution in [0.4, 0.5) is 40.7 Å². The van der Waals surface area contributed by atoms with Gasteiger partial charge in [-0.2, -0.15) is 23.3 Å². The van der Waals surface area contributed by atoms with Crippen molar-refractivity contribution >= 4 is 29.4 Å². The molecule has 3 aromatic rings. The van der Waals surface area contributed by atoms with Gasteiger partial charge in [0.2, 0.25) is 5.95 Å². The summed E-state index contributed by atoms with van der Waals surface area (Å²) >= 11 is 0. The molecule has 0 saturated carbocycles. The van der Waals surface area contributed by atoms with E-state index in [0.717, 1.165) is 25.2 Å². The standard InChI is InChI=1S/C26H28F4N8O/c1-16-4-5-31-23(16)17-10-18(26(28,29)30)12-21(11-17)35-20-3-2-19(32-13-20)14-34-37-25-33-15-22(27)24(36-25)38-6-8-39-9-7-38/h2-3,10-16,23,31,35H,4-9H2,1H3,(H,33,36,37)/b34-14+. The van der Waals surface area contributed by atoms with Gasteiger partial charge in [0.05, 0.1) is 48.8 Å². The van der Waals surface area contributed by atoms with Crippen LogP contribution in [0, 0.1) is 11.7 Å². The number of pyridine rings is 1. The Morgan fingerprint density at radius 1 is 1.10 bits per heavy atom. The number of morpholine rings is 1. The number of hydrazone groups is 1. The van der Waals surface area contributed by atoms with E-state index in [9.17, 15) is 17.6 Å². The smallest absolute Gasteiger partial charge is 0.378 e. The van der Waals surface area contributed by atoms with Gasteiger partial charge in [0.1, 0.15) is 0 Å². The Morgan fingerprint density at radius 3 is 2.62 bits per heavy atom. The number of aromatic nitrogens is 3. The zero-order valence-corrected chi connectivity index (χ0v) is 21.2. The van der Waals surface area contributed by atoms with Crippen LogP contribution in [0.25, 0.3) is 0 Å². The van der Waals surface area contributed by atoms with Crippen LogP contribution in [0.2, 0.25) is 0 Å². The molecule has 9 nitrogen and oxygen atoms in total. The minimum atomic E-state index is -4.46. The first-order chi connectivity index (χ1) is 18.8. The van der Waals surface area contributed by atoms with Crippen molar-refractivity contribution in [1.82, 2.24) is 20.3 Å². The molecule has 39 heavy (non-hydrogen) atoms. The number of hydrogen-bond donors (Lipinski definition) is 3. The van der Waals surface area contributed by atoms with Crippen LogP contribution >= 0.6 is 0 Å². The van der Waals surface area contributed by atoms with E-state index in [4.69, 9.17) is 4.74 Å². The molecule has 2 aliphatic heterocycles. The predicted octanol–water partition coefficient (Wildman–Crippen LogP) is 4.73. The molecule has 206 valence electrons. The number of halogens is 4. The van der Waals surface area contributed by atoms with Gasteiger partial charge in [-0.05, 0) is 54.8 Å². The molecule has 1 aromatic carbocycles. The SMILES string of the molecule is CC1CCNC1c1cc(Nc2ccc(/C=N/Nc3ncc(F)c(N4CCOCC4)n3)nc2)cc(C(F)(F)F)c1. The molecule has 0 bridgehead atoms. The van der Waals surface area contributed by atoms with Gasteiger partial charge in [0.15, 0.2) is 11.6 Å². The highest BCUT2D eigenvalue weighted by atomic mass is 19.4. The summed E-state index contributed by atoms with van der Waals surface area (Å²) in [4.78, 5) is 14.2. The van der Waals surface area contributed by atoms with Crippen LogP contribution < -0.4 is 21.0 Å². The Hall–Kier alpha value is -3.84. The van der Waals surface area contributed by atoms with Gasteiger partial charge in [-0.25, -0.2) is 14.8 Å². The largest absolute Gasteiger partial charge is 0.416 e. The lowest BCUT2D eigenvalue weighted by Crippen LogP contribution is -2.37. The summed E-state index contributed by atoms with van der Waals surface area (Å²) in [6, 6.07) is 7.26. The Bertz CT molecular complexity index is 1310. The molecule has 2 fully saturated rings. The second-order valence-corrected chi connectivity index (χ2v) is 9.47. The highest BCUT2D eigenvalue weighted by Crippen LogP contribution is 2.37. The fraction of sp³-hybridized carbons (Fsp3) is 0.385. The molecule has 2 aromatic heterocycles. The highest BCUT2D eigenvalue weighted by molar-refractivity contribution is 5.78. The van der Waals surface area contributed by atoms with Gasteiger partial charge in [-0.15, -0.1) is 0 Å². The lowest BCUT2D eigenvalue weighted by molar-refractivity contribution is -0.137. The summed E-state index contributed by atoms with van der Waals surface area (Å²) in [5.74, 6) is 0.00821. The van der Waals surface area contributed by atoms with E-state index < -0.39 is 17.6 Å². The molecule has 13 heteroatoms. The summed E-state index contributed by atoms with van der Waals surface area (Å²) in [5.41, 5.74) is 3.90. The van der Waals surface area contributed by atoms with Crippen LogP contribution in [0.1, 0.15) is 36.2 Å². The Kier molecular flexibility index (Phi) is 7.89. The first-order valence-corrected chi connectivity index (χ1v) is 12.6. The third kappa shape index (κ3) is 6.60. The van der Waals surface area contributed by atoms with Crippen LogP contribution in [0.3, 0.4) is 0 Å². The number of hydrogen-bond acceptors (Lipinski definition) is 9. The number of anilines is 4. The Labute approximate surface area is 222 Å². The highest BCUT2D eigenvalue weighted by Gasteiger charge is 2.33. The van der Waals surface area contributed by atoms with Gasteiger partial charge >= 0.3 is 6.18 Å². The zero-order chi connectivity index (χ0) is 27.4. The van der Waals surface area contributed by atoms with Gasteiger partial charge in [0, 0.05) is 24.8 Å². The number of nitrogens with zero attached hydrogens (tertiary/aromatic N) is 5. The summed E-state index contributed by atoms with van der Waals surface area (Å²) in [5, 5.41) is 10.4. The molecular formula is C26H28F4N8O. The molecule has 3 N–H and O–H groups in total.